The molecular formula is C16H23NO3. The molecule has 1 aliphatic heterocycles. The zero-order valence-electron chi connectivity index (χ0n) is 12.4. The van der Waals surface area contributed by atoms with Crippen molar-refractivity contribution in [3.63, 3.8) is 0 Å². The lowest BCUT2D eigenvalue weighted by Gasteiger charge is -2.24. The minimum Gasteiger partial charge on any atom is -0.497 e. The molecule has 1 N–H and O–H groups in total. The summed E-state index contributed by atoms with van der Waals surface area (Å²) in [6.07, 6.45) is 0.872. The average molecular weight is 277 g/mol. The predicted molar refractivity (Wildman–Crippen MR) is 78.2 cm³/mol. The summed E-state index contributed by atoms with van der Waals surface area (Å²) in [5, 5.41) is 9.61. The Kier molecular flexibility index (Phi) is 4.65. The van der Waals surface area contributed by atoms with Crippen LogP contribution in [-0.2, 0) is 4.79 Å². The maximum atomic E-state index is 11.7. The van der Waals surface area contributed by atoms with Gasteiger partial charge in [0, 0.05) is 18.5 Å². The quantitative estimate of drug-likeness (QED) is 0.898. The van der Waals surface area contributed by atoms with Crippen LogP contribution in [0.25, 0.3) is 0 Å². The summed E-state index contributed by atoms with van der Waals surface area (Å²) in [6, 6.07) is 7.93. The molecule has 0 aliphatic carbocycles. The van der Waals surface area contributed by atoms with E-state index in [1.807, 2.05) is 24.3 Å². The molecule has 4 nitrogen and oxygen atoms in total. The Balaban J connectivity index is 2.30. The molecule has 0 spiro atoms. The minimum absolute atomic E-state index is 0.0586. The first kappa shape index (κ1) is 14.9. The molecule has 1 heterocycles. The number of likely N-dealkylation sites (N-methyl/N-ethyl adjacent to an activating group) is 1. The molecule has 0 saturated carbocycles. The largest absolute Gasteiger partial charge is 0.497 e. The number of likely N-dealkylation sites (tertiary alicyclic amines) is 1. The molecule has 4 heteroatoms. The highest BCUT2D eigenvalue weighted by molar-refractivity contribution is 5.73. The SMILES string of the molecule is CCC1C(C(=O)O)C(c2ccc(OC)cc2)CN1CC. The van der Waals surface area contributed by atoms with Crippen LogP contribution in [0.15, 0.2) is 24.3 Å². The van der Waals surface area contributed by atoms with E-state index in [2.05, 4.69) is 18.7 Å². The standard InChI is InChI=1S/C16H23NO3/c1-4-14-15(16(18)19)13(10-17(14)5-2)11-6-8-12(20-3)9-7-11/h6-9,13-15H,4-5,10H2,1-3H3,(H,18,19). The molecule has 20 heavy (non-hydrogen) atoms. The van der Waals surface area contributed by atoms with Crippen molar-refractivity contribution in [2.75, 3.05) is 20.2 Å². The molecule has 110 valence electrons. The highest BCUT2D eigenvalue weighted by Gasteiger charge is 2.44. The maximum absolute atomic E-state index is 11.7. The third-order valence-electron chi connectivity index (χ3n) is 4.40. The summed E-state index contributed by atoms with van der Waals surface area (Å²) >= 11 is 0. The Labute approximate surface area is 120 Å². The molecule has 1 aliphatic rings. The number of hydrogen-bond acceptors (Lipinski definition) is 3. The van der Waals surface area contributed by atoms with E-state index in [0.717, 1.165) is 30.8 Å². The first-order valence-corrected chi connectivity index (χ1v) is 7.23. The van der Waals surface area contributed by atoms with Crippen LogP contribution in [0.4, 0.5) is 0 Å². The molecule has 0 bridgehead atoms. The van der Waals surface area contributed by atoms with Gasteiger partial charge in [0.1, 0.15) is 5.75 Å². The van der Waals surface area contributed by atoms with E-state index in [1.54, 1.807) is 7.11 Å². The van der Waals surface area contributed by atoms with Crippen LogP contribution in [0.2, 0.25) is 0 Å². The predicted octanol–water partition coefficient (Wildman–Crippen LogP) is 2.59. The van der Waals surface area contributed by atoms with Gasteiger partial charge in [0.05, 0.1) is 13.0 Å². The third-order valence-corrected chi connectivity index (χ3v) is 4.40. The van der Waals surface area contributed by atoms with Crippen LogP contribution < -0.4 is 4.74 Å². The van der Waals surface area contributed by atoms with E-state index in [1.165, 1.54) is 0 Å². The molecule has 0 amide bonds. The van der Waals surface area contributed by atoms with Gasteiger partial charge in [0.2, 0.25) is 0 Å². The average Bonchev–Trinajstić information content (AvgIpc) is 2.86. The summed E-state index contributed by atoms with van der Waals surface area (Å²) in [7, 11) is 1.64. The minimum atomic E-state index is -0.686. The zero-order valence-corrected chi connectivity index (χ0v) is 12.4. The van der Waals surface area contributed by atoms with Gasteiger partial charge in [-0.25, -0.2) is 0 Å². The molecule has 1 fully saturated rings. The van der Waals surface area contributed by atoms with Gasteiger partial charge in [-0.15, -0.1) is 0 Å². The van der Waals surface area contributed by atoms with Crippen LogP contribution in [-0.4, -0.2) is 42.2 Å². The van der Waals surface area contributed by atoms with Crippen molar-refractivity contribution in [2.24, 2.45) is 5.92 Å². The molecule has 3 unspecified atom stereocenters. The number of ether oxygens (including phenoxy) is 1. The van der Waals surface area contributed by atoms with Crippen molar-refractivity contribution >= 4 is 5.97 Å². The molecule has 2 rings (SSSR count). The Hall–Kier alpha value is -1.55. The number of aliphatic carboxylic acids is 1. The molecule has 1 aromatic rings. The van der Waals surface area contributed by atoms with Crippen LogP contribution in [0.5, 0.6) is 5.75 Å². The monoisotopic (exact) mass is 277 g/mol. The number of carbonyl (C=O) groups is 1. The molecule has 0 aromatic heterocycles. The first-order chi connectivity index (χ1) is 9.62. The first-order valence-electron chi connectivity index (χ1n) is 7.23. The Bertz CT molecular complexity index is 457. The van der Waals surface area contributed by atoms with Crippen molar-refractivity contribution in [1.29, 1.82) is 0 Å². The Morgan fingerprint density at radius 3 is 2.45 bits per heavy atom. The van der Waals surface area contributed by atoms with Crippen LogP contribution in [0.1, 0.15) is 31.7 Å². The van der Waals surface area contributed by atoms with Crippen molar-refractivity contribution < 1.29 is 14.6 Å². The Morgan fingerprint density at radius 2 is 2.00 bits per heavy atom. The third kappa shape index (κ3) is 2.66. The summed E-state index contributed by atoms with van der Waals surface area (Å²) in [4.78, 5) is 14.0. The lowest BCUT2D eigenvalue weighted by Crippen LogP contribution is -2.35. The lowest BCUT2D eigenvalue weighted by molar-refractivity contribution is -0.143. The van der Waals surface area contributed by atoms with E-state index in [9.17, 15) is 9.90 Å². The van der Waals surface area contributed by atoms with Gasteiger partial charge >= 0.3 is 5.97 Å². The van der Waals surface area contributed by atoms with Gasteiger partial charge in [0.25, 0.3) is 0 Å². The second-order valence-corrected chi connectivity index (χ2v) is 5.31. The van der Waals surface area contributed by atoms with Crippen LogP contribution in [0.3, 0.4) is 0 Å². The number of nitrogens with zero attached hydrogens (tertiary/aromatic N) is 1. The summed E-state index contributed by atoms with van der Waals surface area (Å²) in [6.45, 7) is 5.88. The van der Waals surface area contributed by atoms with Crippen molar-refractivity contribution in [3.8, 4) is 5.75 Å². The highest BCUT2D eigenvalue weighted by Crippen LogP contribution is 2.39. The van der Waals surface area contributed by atoms with E-state index < -0.39 is 5.97 Å². The normalized spacial score (nSPS) is 26.6. The molecule has 0 radical (unpaired) electrons. The maximum Gasteiger partial charge on any atom is 0.308 e. The van der Waals surface area contributed by atoms with E-state index in [0.29, 0.717) is 0 Å². The molecule has 1 aromatic carbocycles. The van der Waals surface area contributed by atoms with Gasteiger partial charge in [0.15, 0.2) is 0 Å². The van der Waals surface area contributed by atoms with E-state index in [4.69, 9.17) is 4.74 Å². The van der Waals surface area contributed by atoms with E-state index in [-0.39, 0.29) is 17.9 Å². The number of hydrogen-bond donors (Lipinski definition) is 1. The fraction of sp³-hybridized carbons (Fsp3) is 0.562. The highest BCUT2D eigenvalue weighted by atomic mass is 16.5. The zero-order chi connectivity index (χ0) is 14.7. The topological polar surface area (TPSA) is 49.8 Å². The van der Waals surface area contributed by atoms with Crippen LogP contribution in [0, 0.1) is 5.92 Å². The van der Waals surface area contributed by atoms with E-state index >= 15 is 0 Å². The fourth-order valence-corrected chi connectivity index (χ4v) is 3.37. The summed E-state index contributed by atoms with van der Waals surface area (Å²) in [5.41, 5.74) is 1.09. The summed E-state index contributed by atoms with van der Waals surface area (Å²) < 4.78 is 5.16. The molecule has 1 saturated heterocycles. The second-order valence-electron chi connectivity index (χ2n) is 5.31. The summed E-state index contributed by atoms with van der Waals surface area (Å²) in [5.74, 6) is -0.150. The number of benzene rings is 1. The van der Waals surface area contributed by atoms with Crippen molar-refractivity contribution in [1.82, 2.24) is 4.90 Å². The lowest BCUT2D eigenvalue weighted by atomic mass is 9.84. The number of carboxylic acid groups (broad SMARTS) is 1. The van der Waals surface area contributed by atoms with Gasteiger partial charge in [-0.2, -0.15) is 0 Å². The van der Waals surface area contributed by atoms with Gasteiger partial charge in [-0.05, 0) is 30.7 Å². The second kappa shape index (κ2) is 6.27. The van der Waals surface area contributed by atoms with Gasteiger partial charge in [-0.1, -0.05) is 26.0 Å². The Morgan fingerprint density at radius 1 is 1.35 bits per heavy atom. The van der Waals surface area contributed by atoms with Crippen molar-refractivity contribution in [2.45, 2.75) is 32.2 Å². The number of methoxy groups -OCH3 is 1. The van der Waals surface area contributed by atoms with Crippen LogP contribution >= 0.6 is 0 Å². The number of carboxylic acids is 1. The smallest absolute Gasteiger partial charge is 0.308 e. The fourth-order valence-electron chi connectivity index (χ4n) is 3.37. The van der Waals surface area contributed by atoms with Gasteiger partial charge in [-0.3, -0.25) is 9.69 Å². The van der Waals surface area contributed by atoms with Crippen molar-refractivity contribution in [3.05, 3.63) is 29.8 Å². The molecular weight excluding hydrogens is 254 g/mol. The number of rotatable bonds is 5. The molecule has 3 atom stereocenters. The van der Waals surface area contributed by atoms with Gasteiger partial charge < -0.3 is 9.84 Å².